The molecule has 0 atom stereocenters. The SMILES string of the molecule is CCNc1cncc(Oc2ccc(F)c(Cl)c2)n1. The molecule has 2 aromatic rings. The molecule has 0 radical (unpaired) electrons. The number of rotatable bonds is 4. The first-order valence-corrected chi connectivity index (χ1v) is 5.75. The molecule has 0 saturated heterocycles. The van der Waals surface area contributed by atoms with E-state index in [0.29, 0.717) is 17.4 Å². The number of hydrogen-bond donors (Lipinski definition) is 1. The lowest BCUT2D eigenvalue weighted by Gasteiger charge is -2.07. The van der Waals surface area contributed by atoms with E-state index < -0.39 is 5.82 Å². The molecule has 1 heterocycles. The summed E-state index contributed by atoms with van der Waals surface area (Å²) in [6, 6.07) is 4.10. The molecule has 0 saturated carbocycles. The molecular formula is C12H11ClFN3O. The summed E-state index contributed by atoms with van der Waals surface area (Å²) in [5, 5.41) is 3.02. The Hall–Kier alpha value is -1.88. The van der Waals surface area contributed by atoms with Crippen LogP contribution in [-0.2, 0) is 0 Å². The molecule has 0 unspecified atom stereocenters. The predicted molar refractivity (Wildman–Crippen MR) is 67.7 cm³/mol. The summed E-state index contributed by atoms with van der Waals surface area (Å²) in [6.07, 6.45) is 3.06. The van der Waals surface area contributed by atoms with E-state index in [2.05, 4.69) is 15.3 Å². The van der Waals surface area contributed by atoms with Crippen LogP contribution < -0.4 is 10.1 Å². The van der Waals surface area contributed by atoms with E-state index in [1.54, 1.807) is 6.20 Å². The molecule has 6 heteroatoms. The minimum atomic E-state index is -0.489. The van der Waals surface area contributed by atoms with Crippen LogP contribution >= 0.6 is 11.6 Å². The molecule has 2 rings (SSSR count). The van der Waals surface area contributed by atoms with Crippen molar-refractivity contribution in [2.75, 3.05) is 11.9 Å². The zero-order valence-corrected chi connectivity index (χ0v) is 10.4. The first-order chi connectivity index (χ1) is 8.69. The molecule has 1 N–H and O–H groups in total. The van der Waals surface area contributed by atoms with Crippen LogP contribution in [0.4, 0.5) is 10.2 Å². The number of benzene rings is 1. The Morgan fingerprint density at radius 3 is 2.94 bits per heavy atom. The second-order valence-electron chi connectivity index (χ2n) is 3.45. The Kier molecular flexibility index (Phi) is 3.94. The fourth-order valence-electron chi connectivity index (χ4n) is 1.32. The van der Waals surface area contributed by atoms with Gasteiger partial charge in [-0.25, -0.2) is 4.39 Å². The van der Waals surface area contributed by atoms with Gasteiger partial charge in [0.2, 0.25) is 5.88 Å². The predicted octanol–water partition coefficient (Wildman–Crippen LogP) is 3.49. The van der Waals surface area contributed by atoms with Crippen LogP contribution in [0.2, 0.25) is 5.02 Å². The fourth-order valence-corrected chi connectivity index (χ4v) is 1.50. The maximum atomic E-state index is 13.0. The monoisotopic (exact) mass is 267 g/mol. The number of halogens is 2. The number of ether oxygens (including phenoxy) is 1. The van der Waals surface area contributed by atoms with Gasteiger partial charge in [-0.05, 0) is 19.1 Å². The van der Waals surface area contributed by atoms with E-state index in [-0.39, 0.29) is 5.02 Å². The van der Waals surface area contributed by atoms with Gasteiger partial charge < -0.3 is 10.1 Å². The Bertz CT molecular complexity index is 551. The Morgan fingerprint density at radius 1 is 1.39 bits per heavy atom. The first kappa shape index (κ1) is 12.6. The largest absolute Gasteiger partial charge is 0.437 e. The highest BCUT2D eigenvalue weighted by atomic mass is 35.5. The van der Waals surface area contributed by atoms with Crippen molar-refractivity contribution in [3.8, 4) is 11.6 Å². The molecule has 0 aliphatic heterocycles. The molecule has 0 aliphatic carbocycles. The molecule has 0 fully saturated rings. The molecular weight excluding hydrogens is 257 g/mol. The van der Waals surface area contributed by atoms with Gasteiger partial charge in [0.05, 0.1) is 17.4 Å². The standard InChI is InChI=1S/C12H11ClFN3O/c1-2-16-11-6-15-7-12(17-11)18-8-3-4-10(14)9(13)5-8/h3-7H,2H2,1H3,(H,16,17). The van der Waals surface area contributed by atoms with Crippen LogP contribution in [0.5, 0.6) is 11.6 Å². The van der Waals surface area contributed by atoms with Gasteiger partial charge in [0, 0.05) is 12.6 Å². The van der Waals surface area contributed by atoms with Crippen LogP contribution in [0.15, 0.2) is 30.6 Å². The maximum absolute atomic E-state index is 13.0. The van der Waals surface area contributed by atoms with Crippen molar-refractivity contribution in [2.45, 2.75) is 6.92 Å². The van der Waals surface area contributed by atoms with Gasteiger partial charge in [-0.15, -0.1) is 0 Å². The van der Waals surface area contributed by atoms with Crippen LogP contribution in [0.1, 0.15) is 6.92 Å². The number of nitrogens with zero attached hydrogens (tertiary/aromatic N) is 2. The van der Waals surface area contributed by atoms with Crippen molar-refractivity contribution < 1.29 is 9.13 Å². The number of nitrogens with one attached hydrogen (secondary N) is 1. The smallest absolute Gasteiger partial charge is 0.239 e. The van der Waals surface area contributed by atoms with Crippen molar-refractivity contribution in [1.82, 2.24) is 9.97 Å². The summed E-state index contributed by atoms with van der Waals surface area (Å²) in [6.45, 7) is 2.69. The Balaban J connectivity index is 2.17. The van der Waals surface area contributed by atoms with E-state index in [0.717, 1.165) is 6.54 Å². The molecule has 0 bridgehead atoms. The number of anilines is 1. The third-order valence-corrected chi connectivity index (χ3v) is 2.37. The van der Waals surface area contributed by atoms with Gasteiger partial charge in [0.25, 0.3) is 0 Å². The van der Waals surface area contributed by atoms with Crippen LogP contribution in [-0.4, -0.2) is 16.5 Å². The van der Waals surface area contributed by atoms with Gasteiger partial charge in [0.1, 0.15) is 17.4 Å². The minimum absolute atomic E-state index is 0.00305. The summed E-state index contributed by atoms with van der Waals surface area (Å²) in [4.78, 5) is 8.16. The maximum Gasteiger partial charge on any atom is 0.239 e. The molecule has 18 heavy (non-hydrogen) atoms. The molecule has 0 aliphatic rings. The zero-order chi connectivity index (χ0) is 13.0. The average Bonchev–Trinajstić information content (AvgIpc) is 2.35. The topological polar surface area (TPSA) is 47.0 Å². The summed E-state index contributed by atoms with van der Waals surface area (Å²) in [5.41, 5.74) is 0. The summed E-state index contributed by atoms with van der Waals surface area (Å²) in [7, 11) is 0. The highest BCUT2D eigenvalue weighted by Crippen LogP contribution is 2.25. The van der Waals surface area contributed by atoms with E-state index in [1.807, 2.05) is 6.92 Å². The summed E-state index contributed by atoms with van der Waals surface area (Å²) >= 11 is 5.66. The number of hydrogen-bond acceptors (Lipinski definition) is 4. The van der Waals surface area contributed by atoms with Crippen molar-refractivity contribution in [3.05, 3.63) is 41.4 Å². The van der Waals surface area contributed by atoms with Gasteiger partial charge in [0.15, 0.2) is 0 Å². The highest BCUT2D eigenvalue weighted by Gasteiger charge is 2.04. The first-order valence-electron chi connectivity index (χ1n) is 5.38. The lowest BCUT2D eigenvalue weighted by molar-refractivity contribution is 0.459. The molecule has 1 aromatic carbocycles. The normalized spacial score (nSPS) is 10.2. The Labute approximate surface area is 109 Å². The Morgan fingerprint density at radius 2 is 2.22 bits per heavy atom. The van der Waals surface area contributed by atoms with Crippen molar-refractivity contribution in [2.24, 2.45) is 0 Å². The van der Waals surface area contributed by atoms with Gasteiger partial charge in [-0.3, -0.25) is 4.98 Å². The molecule has 0 spiro atoms. The van der Waals surface area contributed by atoms with E-state index >= 15 is 0 Å². The minimum Gasteiger partial charge on any atom is -0.437 e. The van der Waals surface area contributed by atoms with Gasteiger partial charge >= 0.3 is 0 Å². The highest BCUT2D eigenvalue weighted by molar-refractivity contribution is 6.30. The van der Waals surface area contributed by atoms with Gasteiger partial charge in [-0.2, -0.15) is 4.98 Å². The molecule has 94 valence electrons. The van der Waals surface area contributed by atoms with Crippen molar-refractivity contribution in [1.29, 1.82) is 0 Å². The second-order valence-corrected chi connectivity index (χ2v) is 3.86. The summed E-state index contributed by atoms with van der Waals surface area (Å²) in [5.74, 6) is 0.847. The van der Waals surface area contributed by atoms with Crippen LogP contribution in [0.25, 0.3) is 0 Å². The second kappa shape index (κ2) is 5.64. The van der Waals surface area contributed by atoms with E-state index in [1.165, 1.54) is 24.4 Å². The van der Waals surface area contributed by atoms with Crippen LogP contribution in [0, 0.1) is 5.82 Å². The van der Waals surface area contributed by atoms with Crippen molar-refractivity contribution in [3.63, 3.8) is 0 Å². The lowest BCUT2D eigenvalue weighted by atomic mass is 10.3. The third kappa shape index (κ3) is 3.07. The summed E-state index contributed by atoms with van der Waals surface area (Å²) < 4.78 is 18.4. The van der Waals surface area contributed by atoms with Crippen molar-refractivity contribution >= 4 is 17.4 Å². The van der Waals surface area contributed by atoms with Gasteiger partial charge in [-0.1, -0.05) is 11.6 Å². The molecule has 0 amide bonds. The van der Waals surface area contributed by atoms with E-state index in [9.17, 15) is 4.39 Å². The third-order valence-electron chi connectivity index (χ3n) is 2.08. The number of aromatic nitrogens is 2. The average molecular weight is 268 g/mol. The van der Waals surface area contributed by atoms with E-state index in [4.69, 9.17) is 16.3 Å². The van der Waals surface area contributed by atoms with Crippen LogP contribution in [0.3, 0.4) is 0 Å². The molecule has 4 nitrogen and oxygen atoms in total. The quantitative estimate of drug-likeness (QED) is 0.921. The fraction of sp³-hybridized carbons (Fsp3) is 0.167. The zero-order valence-electron chi connectivity index (χ0n) is 9.65. The molecule has 1 aromatic heterocycles. The lowest BCUT2D eigenvalue weighted by Crippen LogP contribution is -2.00.